The summed E-state index contributed by atoms with van der Waals surface area (Å²) in [5.41, 5.74) is 8.46. The van der Waals surface area contributed by atoms with Crippen LogP contribution in [-0.2, 0) is 9.47 Å². The predicted molar refractivity (Wildman–Crippen MR) is 148 cm³/mol. The number of nitrogens with two attached hydrogens (primary N) is 1. The van der Waals surface area contributed by atoms with Crippen LogP contribution in [0.1, 0.15) is 92.0 Å². The van der Waals surface area contributed by atoms with Gasteiger partial charge in [0.25, 0.3) is 0 Å². The van der Waals surface area contributed by atoms with Crippen LogP contribution in [0.25, 0.3) is 11.2 Å². The quantitative estimate of drug-likeness (QED) is 0.329. The lowest BCUT2D eigenvalue weighted by molar-refractivity contribution is 0.0525. The first-order valence-electron chi connectivity index (χ1n) is 14.0. The number of anilines is 3. The second-order valence-corrected chi connectivity index (χ2v) is 10.3. The molecule has 0 amide bonds. The van der Waals surface area contributed by atoms with Gasteiger partial charge in [-0.1, -0.05) is 12.8 Å². The number of nitrogens with zero attached hydrogens (tertiary/aromatic N) is 4. The number of carbonyl (C=O) groups excluding carboxylic acids is 2. The van der Waals surface area contributed by atoms with Gasteiger partial charge in [0.15, 0.2) is 17.0 Å². The summed E-state index contributed by atoms with van der Waals surface area (Å²) in [6, 6.07) is 5.58. The molecule has 0 aliphatic heterocycles. The number of rotatable bonds is 9. The molecule has 2 aliphatic carbocycles. The second-order valence-electron chi connectivity index (χ2n) is 10.3. The Morgan fingerprint density at radius 2 is 1.59 bits per heavy atom. The van der Waals surface area contributed by atoms with Gasteiger partial charge in [0.1, 0.15) is 0 Å². The largest absolute Gasteiger partial charge is 0.462 e. The Labute approximate surface area is 227 Å². The van der Waals surface area contributed by atoms with Crippen molar-refractivity contribution in [2.45, 2.75) is 83.3 Å². The number of esters is 2. The minimum Gasteiger partial charge on any atom is -0.462 e. The van der Waals surface area contributed by atoms with Crippen molar-refractivity contribution in [3.05, 3.63) is 35.7 Å². The standard InChI is InChI=1S/C28H37N7O4/c1-3-38-26(36)17-13-18(27(37)39-4-2)15-21(14-17)31-24-23-25(35(16-30-23)22-7-5-6-8-22)34-28(33-24)32-20-11-9-19(29)10-12-20/h13-16,19-20,22H,3-12,29H2,1-2H3,(H2,31,32,33,34). The number of ether oxygens (including phenoxy) is 2. The number of benzene rings is 1. The lowest BCUT2D eigenvalue weighted by Crippen LogP contribution is -2.33. The van der Waals surface area contributed by atoms with E-state index in [1.165, 1.54) is 18.9 Å². The molecule has 0 bridgehead atoms. The van der Waals surface area contributed by atoms with Crippen LogP contribution in [0.3, 0.4) is 0 Å². The number of hydrogen-bond donors (Lipinski definition) is 3. The van der Waals surface area contributed by atoms with Gasteiger partial charge in [-0.2, -0.15) is 9.97 Å². The number of carbonyl (C=O) groups is 2. The molecule has 0 saturated heterocycles. The molecule has 0 radical (unpaired) electrons. The van der Waals surface area contributed by atoms with Crippen LogP contribution in [0.15, 0.2) is 24.5 Å². The van der Waals surface area contributed by atoms with Crippen LogP contribution in [0.2, 0.25) is 0 Å². The highest BCUT2D eigenvalue weighted by Gasteiger charge is 2.24. The molecule has 2 aliphatic rings. The summed E-state index contributed by atoms with van der Waals surface area (Å²) in [6.07, 6.45) is 10.2. The van der Waals surface area contributed by atoms with Crippen molar-refractivity contribution in [2.24, 2.45) is 5.73 Å². The van der Waals surface area contributed by atoms with Crippen LogP contribution in [0.5, 0.6) is 0 Å². The molecule has 2 heterocycles. The minimum atomic E-state index is -0.525. The monoisotopic (exact) mass is 535 g/mol. The van der Waals surface area contributed by atoms with E-state index < -0.39 is 11.9 Å². The molecule has 3 aromatic rings. The van der Waals surface area contributed by atoms with Crippen molar-refractivity contribution in [3.8, 4) is 0 Å². The van der Waals surface area contributed by atoms with Crippen LogP contribution in [-0.4, -0.2) is 56.8 Å². The van der Waals surface area contributed by atoms with E-state index in [1.54, 1.807) is 26.0 Å². The first-order chi connectivity index (χ1) is 18.9. The molecule has 2 aromatic heterocycles. The van der Waals surface area contributed by atoms with Crippen molar-refractivity contribution >= 4 is 40.6 Å². The number of fused-ring (bicyclic) bond motifs is 1. The molecule has 208 valence electrons. The van der Waals surface area contributed by atoms with Crippen LogP contribution in [0.4, 0.5) is 17.5 Å². The van der Waals surface area contributed by atoms with Crippen molar-refractivity contribution < 1.29 is 19.1 Å². The maximum atomic E-state index is 12.6. The zero-order valence-corrected chi connectivity index (χ0v) is 22.6. The number of imidazole rings is 1. The topological polar surface area (TPSA) is 146 Å². The number of hydrogen-bond acceptors (Lipinski definition) is 10. The van der Waals surface area contributed by atoms with Crippen molar-refractivity contribution in [2.75, 3.05) is 23.8 Å². The lowest BCUT2D eigenvalue weighted by atomic mass is 9.92. The van der Waals surface area contributed by atoms with Crippen molar-refractivity contribution in [3.63, 3.8) is 0 Å². The third kappa shape index (κ3) is 6.13. The molecule has 0 unspecified atom stereocenters. The van der Waals surface area contributed by atoms with Gasteiger partial charge in [-0.15, -0.1) is 0 Å². The SMILES string of the molecule is CCOC(=O)c1cc(Nc2nc(NC3CCC(N)CC3)nc3c2ncn3C2CCCC2)cc(C(=O)OCC)c1. The van der Waals surface area contributed by atoms with Gasteiger partial charge in [-0.05, 0) is 70.6 Å². The molecule has 4 N–H and O–H groups in total. The second kappa shape index (κ2) is 12.0. The molecule has 5 rings (SSSR count). The van der Waals surface area contributed by atoms with Crippen molar-refractivity contribution in [1.82, 2.24) is 19.5 Å². The average Bonchev–Trinajstić information content (AvgIpc) is 3.60. The van der Waals surface area contributed by atoms with Crippen LogP contribution >= 0.6 is 0 Å². The highest BCUT2D eigenvalue weighted by atomic mass is 16.5. The molecule has 1 aromatic carbocycles. The predicted octanol–water partition coefficient (Wildman–Crippen LogP) is 4.72. The van der Waals surface area contributed by atoms with Gasteiger partial charge in [0, 0.05) is 23.8 Å². The summed E-state index contributed by atoms with van der Waals surface area (Å²) in [5, 5.41) is 6.82. The lowest BCUT2D eigenvalue weighted by Gasteiger charge is -2.27. The summed E-state index contributed by atoms with van der Waals surface area (Å²) in [5.74, 6) is -0.0502. The Balaban J connectivity index is 1.53. The molecule has 0 spiro atoms. The first kappa shape index (κ1) is 26.9. The molecule has 0 atom stereocenters. The van der Waals surface area contributed by atoms with E-state index in [0.29, 0.717) is 29.0 Å². The Kier molecular flexibility index (Phi) is 8.25. The van der Waals surface area contributed by atoms with Gasteiger partial charge < -0.3 is 30.4 Å². The minimum absolute atomic E-state index is 0.220. The summed E-state index contributed by atoms with van der Waals surface area (Å²) < 4.78 is 12.5. The molecule has 11 nitrogen and oxygen atoms in total. The highest BCUT2D eigenvalue weighted by molar-refractivity contribution is 5.98. The van der Waals surface area contributed by atoms with Crippen LogP contribution < -0.4 is 16.4 Å². The van der Waals surface area contributed by atoms with Gasteiger partial charge in [-0.3, -0.25) is 0 Å². The molecule has 2 saturated carbocycles. The Hall–Kier alpha value is -3.73. The van der Waals surface area contributed by atoms with Gasteiger partial charge in [0.2, 0.25) is 5.95 Å². The molecule has 39 heavy (non-hydrogen) atoms. The van der Waals surface area contributed by atoms with E-state index in [2.05, 4.69) is 20.2 Å². The molecular weight excluding hydrogens is 498 g/mol. The number of nitrogens with one attached hydrogen (secondary N) is 2. The smallest absolute Gasteiger partial charge is 0.338 e. The summed E-state index contributed by atoms with van der Waals surface area (Å²) in [4.78, 5) is 39.5. The third-order valence-corrected chi connectivity index (χ3v) is 7.46. The zero-order valence-electron chi connectivity index (χ0n) is 22.6. The average molecular weight is 536 g/mol. The van der Waals surface area contributed by atoms with Gasteiger partial charge in [0.05, 0.1) is 30.7 Å². The van der Waals surface area contributed by atoms with Gasteiger partial charge >= 0.3 is 11.9 Å². The first-order valence-corrected chi connectivity index (χ1v) is 14.0. The summed E-state index contributed by atoms with van der Waals surface area (Å²) in [6.45, 7) is 3.91. The third-order valence-electron chi connectivity index (χ3n) is 7.46. The Morgan fingerprint density at radius 3 is 2.21 bits per heavy atom. The maximum absolute atomic E-state index is 12.6. The normalized spacial score (nSPS) is 19.7. The molecule has 2 fully saturated rings. The fourth-order valence-corrected chi connectivity index (χ4v) is 5.47. The highest BCUT2D eigenvalue weighted by Crippen LogP contribution is 2.34. The fourth-order valence-electron chi connectivity index (χ4n) is 5.47. The number of aromatic nitrogens is 4. The van der Waals surface area contributed by atoms with E-state index in [9.17, 15) is 9.59 Å². The van der Waals surface area contributed by atoms with Crippen molar-refractivity contribution in [1.29, 1.82) is 0 Å². The van der Waals surface area contributed by atoms with Gasteiger partial charge in [-0.25, -0.2) is 14.6 Å². The molecule has 11 heteroatoms. The Morgan fingerprint density at radius 1 is 0.949 bits per heavy atom. The fraction of sp³-hybridized carbons (Fsp3) is 0.536. The molecular formula is C28H37N7O4. The van der Waals surface area contributed by atoms with E-state index in [-0.39, 0.29) is 36.4 Å². The van der Waals surface area contributed by atoms with Crippen LogP contribution in [0, 0.1) is 0 Å². The summed E-state index contributed by atoms with van der Waals surface area (Å²) in [7, 11) is 0. The zero-order chi connectivity index (χ0) is 27.4. The van der Waals surface area contributed by atoms with E-state index in [4.69, 9.17) is 25.2 Å². The van der Waals surface area contributed by atoms with E-state index in [0.717, 1.165) is 44.2 Å². The van der Waals surface area contributed by atoms with E-state index >= 15 is 0 Å². The summed E-state index contributed by atoms with van der Waals surface area (Å²) >= 11 is 0. The maximum Gasteiger partial charge on any atom is 0.338 e. The van der Waals surface area contributed by atoms with E-state index in [1.807, 2.05) is 6.33 Å². The Bertz CT molecular complexity index is 1290.